The van der Waals surface area contributed by atoms with E-state index >= 15 is 0 Å². The summed E-state index contributed by atoms with van der Waals surface area (Å²) in [5.74, 6) is 0.287. The first-order valence-electron chi connectivity index (χ1n) is 5.86. The second-order valence-corrected chi connectivity index (χ2v) is 4.67. The van der Waals surface area contributed by atoms with Crippen LogP contribution < -0.4 is 4.74 Å². The molecule has 0 radical (unpaired) electrons. The fraction of sp³-hybridized carbons (Fsp3) is 0.200. The second kappa shape index (κ2) is 6.04. The summed E-state index contributed by atoms with van der Waals surface area (Å²) in [6.45, 7) is 0. The van der Waals surface area contributed by atoms with Crippen LogP contribution in [-0.2, 0) is 6.42 Å². The van der Waals surface area contributed by atoms with E-state index in [0.29, 0.717) is 21.9 Å². The lowest BCUT2D eigenvalue weighted by atomic mass is 10.0. The zero-order valence-electron chi connectivity index (χ0n) is 10.4. The van der Waals surface area contributed by atoms with E-state index < -0.39 is 6.10 Å². The summed E-state index contributed by atoms with van der Waals surface area (Å²) in [7, 11) is 1.56. The van der Waals surface area contributed by atoms with E-state index in [-0.39, 0.29) is 12.2 Å². The van der Waals surface area contributed by atoms with Crippen LogP contribution in [0.5, 0.6) is 5.75 Å². The lowest BCUT2D eigenvalue weighted by Crippen LogP contribution is -2.04. The van der Waals surface area contributed by atoms with Gasteiger partial charge in [-0.3, -0.25) is 0 Å². The normalized spacial score (nSPS) is 12.2. The molecule has 1 unspecified atom stereocenters. The minimum atomic E-state index is -0.803. The predicted molar refractivity (Wildman–Crippen MR) is 73.1 cm³/mol. The number of halogens is 2. The van der Waals surface area contributed by atoms with Crippen molar-refractivity contribution in [1.82, 2.24) is 0 Å². The largest absolute Gasteiger partial charge is 0.497 e. The van der Waals surface area contributed by atoms with Crippen LogP contribution in [0.1, 0.15) is 17.2 Å². The van der Waals surface area contributed by atoms with Crippen molar-refractivity contribution in [3.05, 3.63) is 64.4 Å². The highest BCUT2D eigenvalue weighted by molar-refractivity contribution is 6.30. The van der Waals surface area contributed by atoms with Crippen molar-refractivity contribution >= 4 is 11.6 Å². The summed E-state index contributed by atoms with van der Waals surface area (Å²) >= 11 is 5.83. The van der Waals surface area contributed by atoms with Crippen molar-refractivity contribution < 1.29 is 14.2 Å². The fourth-order valence-electron chi connectivity index (χ4n) is 1.87. The number of ether oxygens (including phenoxy) is 1. The molecule has 2 nitrogen and oxygen atoms in total. The van der Waals surface area contributed by atoms with Gasteiger partial charge in [-0.1, -0.05) is 23.7 Å². The monoisotopic (exact) mass is 280 g/mol. The van der Waals surface area contributed by atoms with Gasteiger partial charge in [0.1, 0.15) is 11.6 Å². The molecule has 0 heterocycles. The fourth-order valence-corrected chi connectivity index (χ4v) is 2.07. The van der Waals surface area contributed by atoms with Gasteiger partial charge in [0, 0.05) is 11.4 Å². The third kappa shape index (κ3) is 3.46. The second-order valence-electron chi connectivity index (χ2n) is 4.23. The molecule has 0 fully saturated rings. The van der Waals surface area contributed by atoms with E-state index in [4.69, 9.17) is 16.3 Å². The van der Waals surface area contributed by atoms with E-state index in [9.17, 15) is 9.50 Å². The number of benzene rings is 2. The summed E-state index contributed by atoms with van der Waals surface area (Å²) in [5, 5.41) is 10.6. The summed E-state index contributed by atoms with van der Waals surface area (Å²) in [6.07, 6.45) is -0.636. The molecule has 0 aliphatic heterocycles. The Labute approximate surface area is 116 Å². The highest BCUT2D eigenvalue weighted by Crippen LogP contribution is 2.24. The molecule has 19 heavy (non-hydrogen) atoms. The Morgan fingerprint density at radius 2 is 2.05 bits per heavy atom. The molecular weight excluding hydrogens is 267 g/mol. The Morgan fingerprint density at radius 1 is 1.26 bits per heavy atom. The molecule has 0 aromatic heterocycles. The topological polar surface area (TPSA) is 29.5 Å². The molecule has 2 aromatic carbocycles. The Balaban J connectivity index is 2.20. The van der Waals surface area contributed by atoms with Crippen molar-refractivity contribution in [3.8, 4) is 5.75 Å². The molecule has 0 saturated heterocycles. The van der Waals surface area contributed by atoms with Crippen LogP contribution in [0.15, 0.2) is 42.5 Å². The van der Waals surface area contributed by atoms with Crippen molar-refractivity contribution in [1.29, 1.82) is 0 Å². The van der Waals surface area contributed by atoms with Crippen LogP contribution in [0.4, 0.5) is 4.39 Å². The number of aliphatic hydroxyl groups excluding tert-OH is 1. The van der Waals surface area contributed by atoms with Crippen LogP contribution in [0, 0.1) is 5.82 Å². The highest BCUT2D eigenvalue weighted by Gasteiger charge is 2.12. The molecule has 4 heteroatoms. The molecule has 2 rings (SSSR count). The van der Waals surface area contributed by atoms with E-state index in [1.165, 1.54) is 18.2 Å². The van der Waals surface area contributed by atoms with Gasteiger partial charge >= 0.3 is 0 Å². The first kappa shape index (κ1) is 13.8. The minimum absolute atomic E-state index is 0.166. The average Bonchev–Trinajstić information content (AvgIpc) is 2.43. The molecule has 0 spiro atoms. The number of hydrogen-bond donors (Lipinski definition) is 1. The molecule has 0 saturated carbocycles. The zero-order valence-corrected chi connectivity index (χ0v) is 11.2. The maximum absolute atomic E-state index is 13.6. The van der Waals surface area contributed by atoms with Crippen molar-refractivity contribution in [2.45, 2.75) is 12.5 Å². The quantitative estimate of drug-likeness (QED) is 0.924. The van der Waals surface area contributed by atoms with Crippen LogP contribution in [0.2, 0.25) is 5.02 Å². The first-order valence-corrected chi connectivity index (χ1v) is 6.24. The summed E-state index contributed by atoms with van der Waals surface area (Å²) in [4.78, 5) is 0. The SMILES string of the molecule is COc1cccc(C(O)Cc2cc(Cl)ccc2F)c1. The van der Waals surface area contributed by atoms with Gasteiger partial charge in [0.05, 0.1) is 13.2 Å². The molecule has 0 amide bonds. The van der Waals surface area contributed by atoms with Crippen molar-refractivity contribution in [2.75, 3.05) is 7.11 Å². The maximum atomic E-state index is 13.6. The summed E-state index contributed by atoms with van der Waals surface area (Å²) in [6, 6.07) is 11.4. The van der Waals surface area contributed by atoms with Gasteiger partial charge in [-0.2, -0.15) is 0 Å². The maximum Gasteiger partial charge on any atom is 0.126 e. The van der Waals surface area contributed by atoms with E-state index in [1.54, 1.807) is 31.4 Å². The van der Waals surface area contributed by atoms with Gasteiger partial charge in [-0.25, -0.2) is 4.39 Å². The lowest BCUT2D eigenvalue weighted by molar-refractivity contribution is 0.176. The smallest absolute Gasteiger partial charge is 0.126 e. The lowest BCUT2D eigenvalue weighted by Gasteiger charge is -2.13. The predicted octanol–water partition coefficient (Wildman–Crippen LogP) is 3.76. The number of hydrogen-bond acceptors (Lipinski definition) is 2. The molecule has 100 valence electrons. The molecule has 0 aliphatic rings. The van der Waals surface area contributed by atoms with Crippen LogP contribution in [0.25, 0.3) is 0 Å². The Kier molecular flexibility index (Phi) is 4.40. The van der Waals surface area contributed by atoms with E-state index in [2.05, 4.69) is 0 Å². The standard InChI is InChI=1S/C15H14ClFO2/c1-19-13-4-2-3-10(8-13)15(18)9-11-7-12(16)5-6-14(11)17/h2-8,15,18H,9H2,1H3. The van der Waals surface area contributed by atoms with Gasteiger partial charge in [-0.05, 0) is 41.5 Å². The molecule has 2 aromatic rings. The van der Waals surface area contributed by atoms with Gasteiger partial charge in [0.2, 0.25) is 0 Å². The molecule has 0 bridgehead atoms. The summed E-state index contributed by atoms with van der Waals surface area (Å²) in [5.41, 5.74) is 1.07. The minimum Gasteiger partial charge on any atom is -0.497 e. The van der Waals surface area contributed by atoms with Gasteiger partial charge in [0.25, 0.3) is 0 Å². The third-order valence-electron chi connectivity index (χ3n) is 2.90. The Bertz CT molecular complexity index is 572. The number of rotatable bonds is 4. The van der Waals surface area contributed by atoms with E-state index in [0.717, 1.165) is 0 Å². The van der Waals surface area contributed by atoms with Crippen LogP contribution >= 0.6 is 11.6 Å². The van der Waals surface area contributed by atoms with Crippen LogP contribution in [-0.4, -0.2) is 12.2 Å². The average molecular weight is 281 g/mol. The first-order chi connectivity index (χ1) is 9.10. The molecule has 1 atom stereocenters. The van der Waals surface area contributed by atoms with Crippen molar-refractivity contribution in [2.24, 2.45) is 0 Å². The van der Waals surface area contributed by atoms with Gasteiger partial charge in [-0.15, -0.1) is 0 Å². The summed E-state index contributed by atoms with van der Waals surface area (Å²) < 4.78 is 18.7. The zero-order chi connectivity index (χ0) is 13.8. The van der Waals surface area contributed by atoms with Gasteiger partial charge in [0.15, 0.2) is 0 Å². The molecular formula is C15H14ClFO2. The molecule has 1 N–H and O–H groups in total. The number of aliphatic hydroxyl groups is 1. The van der Waals surface area contributed by atoms with Crippen LogP contribution in [0.3, 0.4) is 0 Å². The number of methoxy groups -OCH3 is 1. The van der Waals surface area contributed by atoms with E-state index in [1.807, 2.05) is 0 Å². The highest BCUT2D eigenvalue weighted by atomic mass is 35.5. The van der Waals surface area contributed by atoms with Crippen molar-refractivity contribution in [3.63, 3.8) is 0 Å². The third-order valence-corrected chi connectivity index (χ3v) is 3.13. The Hall–Kier alpha value is -1.58. The molecule has 0 aliphatic carbocycles. The van der Waals surface area contributed by atoms with Gasteiger partial charge < -0.3 is 9.84 Å². The Morgan fingerprint density at radius 3 is 2.79 bits per heavy atom.